The Morgan fingerprint density at radius 2 is 1.85 bits per heavy atom. The molecule has 0 aliphatic heterocycles. The van der Waals surface area contributed by atoms with Crippen LogP contribution in [0, 0.1) is 0 Å². The number of benzene rings is 2. The van der Waals surface area contributed by atoms with E-state index in [0.717, 1.165) is 16.2 Å². The minimum atomic E-state index is -0.164. The second-order valence-corrected chi connectivity index (χ2v) is 6.41. The number of hydrogen-bond donors (Lipinski definition) is 3. The molecule has 2 aromatic rings. The number of carbonyl (C=O) groups excluding carboxylic acids is 2. The molecule has 0 aliphatic rings. The fourth-order valence-electron chi connectivity index (χ4n) is 2.60. The molecule has 0 bridgehead atoms. The molecule has 2 rings (SSSR count). The van der Waals surface area contributed by atoms with Gasteiger partial charge in [0.2, 0.25) is 0 Å². The Morgan fingerprint density at radius 3 is 2.46 bits per heavy atom. The molecule has 0 spiro atoms. The van der Waals surface area contributed by atoms with Crippen LogP contribution in [-0.2, 0) is 11.3 Å². The SMILES string of the molecule is CNC(=O)c1ccc(NC(=O)C[NH+](C)Cc2cc(Cl)ccc2OC)cc1. The van der Waals surface area contributed by atoms with E-state index in [1.54, 1.807) is 44.5 Å². The van der Waals surface area contributed by atoms with Crippen molar-refractivity contribution in [2.45, 2.75) is 6.54 Å². The van der Waals surface area contributed by atoms with E-state index >= 15 is 0 Å². The Labute approximate surface area is 158 Å². The van der Waals surface area contributed by atoms with Gasteiger partial charge >= 0.3 is 0 Å². The van der Waals surface area contributed by atoms with Crippen molar-refractivity contribution in [3.8, 4) is 5.75 Å². The van der Waals surface area contributed by atoms with Crippen LogP contribution in [0.4, 0.5) is 5.69 Å². The van der Waals surface area contributed by atoms with E-state index in [2.05, 4.69) is 10.6 Å². The number of anilines is 1. The first-order valence-corrected chi connectivity index (χ1v) is 8.56. The van der Waals surface area contributed by atoms with Crippen LogP contribution in [0.2, 0.25) is 5.02 Å². The number of halogens is 1. The average molecular weight is 377 g/mol. The maximum atomic E-state index is 12.2. The van der Waals surface area contributed by atoms with Gasteiger partial charge in [0.15, 0.2) is 6.54 Å². The molecule has 0 fully saturated rings. The fourth-order valence-corrected chi connectivity index (χ4v) is 2.80. The maximum absolute atomic E-state index is 12.2. The van der Waals surface area contributed by atoms with Crippen LogP contribution in [0.5, 0.6) is 5.75 Å². The lowest BCUT2D eigenvalue weighted by Crippen LogP contribution is -3.08. The van der Waals surface area contributed by atoms with E-state index in [4.69, 9.17) is 16.3 Å². The predicted molar refractivity (Wildman–Crippen MR) is 102 cm³/mol. The molecular weight excluding hydrogens is 354 g/mol. The molecule has 0 heterocycles. The Balaban J connectivity index is 1.93. The number of carbonyl (C=O) groups is 2. The van der Waals surface area contributed by atoms with Crippen molar-refractivity contribution in [2.75, 3.05) is 33.1 Å². The standard InChI is InChI=1S/C19H22ClN3O3/c1-21-19(25)13-4-7-16(8-5-13)22-18(24)12-23(2)11-14-10-15(20)6-9-17(14)26-3/h4-10H,11-12H2,1-3H3,(H,21,25)(H,22,24)/p+1. The summed E-state index contributed by atoms with van der Waals surface area (Å²) in [7, 11) is 5.11. The van der Waals surface area contributed by atoms with Crippen LogP contribution in [0.25, 0.3) is 0 Å². The van der Waals surface area contributed by atoms with Crippen molar-refractivity contribution in [3.05, 3.63) is 58.6 Å². The van der Waals surface area contributed by atoms with Crippen LogP contribution in [0.15, 0.2) is 42.5 Å². The maximum Gasteiger partial charge on any atom is 0.279 e. The van der Waals surface area contributed by atoms with E-state index in [1.807, 2.05) is 19.2 Å². The Kier molecular flexibility index (Phi) is 7.00. The highest BCUT2D eigenvalue weighted by Crippen LogP contribution is 2.21. The lowest BCUT2D eigenvalue weighted by molar-refractivity contribution is -0.885. The second-order valence-electron chi connectivity index (χ2n) is 5.97. The molecule has 6 nitrogen and oxygen atoms in total. The van der Waals surface area contributed by atoms with Crippen LogP contribution >= 0.6 is 11.6 Å². The summed E-state index contributed by atoms with van der Waals surface area (Å²) in [6.45, 7) is 0.889. The predicted octanol–water partition coefficient (Wildman–Crippen LogP) is 1.36. The number of rotatable bonds is 7. The average Bonchev–Trinajstić information content (AvgIpc) is 2.61. The minimum Gasteiger partial charge on any atom is -0.496 e. The van der Waals surface area contributed by atoms with Gasteiger partial charge in [-0.3, -0.25) is 9.59 Å². The number of methoxy groups -OCH3 is 1. The molecule has 0 saturated heterocycles. The molecule has 1 unspecified atom stereocenters. The summed E-state index contributed by atoms with van der Waals surface area (Å²) in [6.07, 6.45) is 0. The summed E-state index contributed by atoms with van der Waals surface area (Å²) in [5.41, 5.74) is 2.14. The van der Waals surface area contributed by atoms with Crippen LogP contribution in [0.1, 0.15) is 15.9 Å². The highest BCUT2D eigenvalue weighted by molar-refractivity contribution is 6.30. The monoisotopic (exact) mass is 376 g/mol. The zero-order valence-corrected chi connectivity index (χ0v) is 15.8. The molecule has 0 aromatic heterocycles. The topological polar surface area (TPSA) is 71.9 Å². The highest BCUT2D eigenvalue weighted by atomic mass is 35.5. The number of nitrogens with one attached hydrogen (secondary N) is 3. The summed E-state index contributed by atoms with van der Waals surface area (Å²) in [5.74, 6) is 0.470. The van der Waals surface area contributed by atoms with Crippen molar-refractivity contribution >= 4 is 29.1 Å². The number of ether oxygens (including phenoxy) is 1. The smallest absolute Gasteiger partial charge is 0.279 e. The van der Waals surface area contributed by atoms with Crippen molar-refractivity contribution < 1.29 is 19.2 Å². The van der Waals surface area contributed by atoms with Gasteiger partial charge in [-0.1, -0.05) is 11.6 Å². The van der Waals surface area contributed by atoms with E-state index in [0.29, 0.717) is 22.8 Å². The normalized spacial score (nSPS) is 11.5. The molecule has 0 saturated carbocycles. The van der Waals surface area contributed by atoms with Gasteiger partial charge < -0.3 is 20.3 Å². The second kappa shape index (κ2) is 9.22. The summed E-state index contributed by atoms with van der Waals surface area (Å²) >= 11 is 6.04. The van der Waals surface area contributed by atoms with Gasteiger partial charge in [0, 0.05) is 28.9 Å². The van der Waals surface area contributed by atoms with Gasteiger partial charge in [-0.2, -0.15) is 0 Å². The first-order chi connectivity index (χ1) is 12.4. The fraction of sp³-hybridized carbons (Fsp3) is 0.263. The van der Waals surface area contributed by atoms with Crippen molar-refractivity contribution in [3.63, 3.8) is 0 Å². The van der Waals surface area contributed by atoms with Gasteiger partial charge in [-0.15, -0.1) is 0 Å². The van der Waals surface area contributed by atoms with E-state index in [9.17, 15) is 9.59 Å². The van der Waals surface area contributed by atoms with Crippen molar-refractivity contribution in [1.29, 1.82) is 0 Å². The number of likely N-dealkylation sites (N-methyl/N-ethyl adjacent to an activating group) is 1. The van der Waals surface area contributed by atoms with Gasteiger partial charge in [0.25, 0.3) is 11.8 Å². The van der Waals surface area contributed by atoms with Gasteiger partial charge in [-0.05, 0) is 42.5 Å². The molecule has 0 radical (unpaired) electrons. The molecule has 7 heteroatoms. The zero-order chi connectivity index (χ0) is 19.1. The Bertz CT molecular complexity index is 778. The number of hydrogen-bond acceptors (Lipinski definition) is 3. The van der Waals surface area contributed by atoms with E-state index in [1.165, 1.54) is 0 Å². The first kappa shape index (κ1) is 19.8. The van der Waals surface area contributed by atoms with Crippen LogP contribution < -0.4 is 20.3 Å². The Hall–Kier alpha value is -2.57. The van der Waals surface area contributed by atoms with Gasteiger partial charge in [0.05, 0.1) is 14.2 Å². The molecule has 26 heavy (non-hydrogen) atoms. The molecule has 3 N–H and O–H groups in total. The van der Waals surface area contributed by atoms with Gasteiger partial charge in [-0.25, -0.2) is 0 Å². The number of amides is 2. The number of quaternary nitrogens is 1. The lowest BCUT2D eigenvalue weighted by Gasteiger charge is -2.16. The molecule has 138 valence electrons. The zero-order valence-electron chi connectivity index (χ0n) is 15.1. The third-order valence-corrected chi connectivity index (χ3v) is 4.09. The summed E-state index contributed by atoms with van der Waals surface area (Å²) in [5, 5.41) is 6.02. The molecule has 1 atom stereocenters. The third-order valence-electron chi connectivity index (χ3n) is 3.85. The largest absolute Gasteiger partial charge is 0.496 e. The summed E-state index contributed by atoms with van der Waals surface area (Å²) in [4.78, 5) is 24.8. The van der Waals surface area contributed by atoms with Crippen molar-refractivity contribution in [2.24, 2.45) is 0 Å². The molecule has 2 amide bonds. The van der Waals surface area contributed by atoms with E-state index in [-0.39, 0.29) is 18.4 Å². The lowest BCUT2D eigenvalue weighted by atomic mass is 10.2. The summed E-state index contributed by atoms with van der Waals surface area (Å²) in [6, 6.07) is 12.2. The minimum absolute atomic E-state index is 0.115. The van der Waals surface area contributed by atoms with Crippen molar-refractivity contribution in [1.82, 2.24) is 5.32 Å². The molecule has 2 aromatic carbocycles. The van der Waals surface area contributed by atoms with Crippen LogP contribution in [0.3, 0.4) is 0 Å². The molecular formula is C19H23ClN3O3+. The first-order valence-electron chi connectivity index (χ1n) is 8.18. The Morgan fingerprint density at radius 1 is 1.15 bits per heavy atom. The van der Waals surface area contributed by atoms with Gasteiger partial charge in [0.1, 0.15) is 12.3 Å². The third kappa shape index (κ3) is 5.47. The van der Waals surface area contributed by atoms with Crippen LogP contribution in [-0.4, -0.2) is 39.6 Å². The highest BCUT2D eigenvalue weighted by Gasteiger charge is 2.14. The molecule has 0 aliphatic carbocycles. The van der Waals surface area contributed by atoms with E-state index < -0.39 is 0 Å². The quantitative estimate of drug-likeness (QED) is 0.683. The summed E-state index contributed by atoms with van der Waals surface area (Å²) < 4.78 is 5.34.